The monoisotopic (exact) mass is 70.1 g/mol. The van der Waals surface area contributed by atoms with Crippen LogP contribution in [0.5, 0.6) is 0 Å². The molecule has 0 heterocycles. The van der Waals surface area contributed by atoms with Gasteiger partial charge in [0.05, 0.1) is 0 Å². The molecule has 0 aliphatic heterocycles. The Balaban J connectivity index is 2.08. The van der Waals surface area contributed by atoms with E-state index in [1.54, 1.807) is 0 Å². The SMILES string of the molecule is N[C@@H]1[CH]CC1. The summed E-state index contributed by atoms with van der Waals surface area (Å²) < 4.78 is 0. The summed E-state index contributed by atoms with van der Waals surface area (Å²) in [5.41, 5.74) is 5.32. The first kappa shape index (κ1) is 3.16. The van der Waals surface area contributed by atoms with Crippen LogP contribution in [0, 0.1) is 6.42 Å². The van der Waals surface area contributed by atoms with E-state index in [0.29, 0.717) is 6.04 Å². The molecule has 0 aromatic heterocycles. The number of nitrogens with two attached hydrogens (primary N) is 1. The fourth-order valence-electron chi connectivity index (χ4n) is 0.359. The van der Waals surface area contributed by atoms with E-state index in [4.69, 9.17) is 5.73 Å². The van der Waals surface area contributed by atoms with Crippen LogP contribution in [0.1, 0.15) is 12.8 Å². The molecule has 0 saturated heterocycles. The van der Waals surface area contributed by atoms with Gasteiger partial charge in [-0.05, 0) is 19.3 Å². The van der Waals surface area contributed by atoms with Crippen LogP contribution in [0.4, 0.5) is 0 Å². The van der Waals surface area contributed by atoms with Gasteiger partial charge in [-0.2, -0.15) is 0 Å². The minimum absolute atomic E-state index is 0.440. The zero-order valence-electron chi connectivity index (χ0n) is 3.15. The van der Waals surface area contributed by atoms with E-state index < -0.39 is 0 Å². The van der Waals surface area contributed by atoms with Crippen LogP contribution >= 0.6 is 0 Å². The van der Waals surface area contributed by atoms with Crippen molar-refractivity contribution in [3.8, 4) is 0 Å². The standard InChI is InChI=1S/C4H8N/c5-4-2-1-3-4/h2,4H,1,3,5H2/t4-/m1/s1. The Kier molecular flexibility index (Phi) is 0.618. The number of rotatable bonds is 0. The van der Waals surface area contributed by atoms with Gasteiger partial charge in [0.1, 0.15) is 0 Å². The third kappa shape index (κ3) is 0.428. The third-order valence-electron chi connectivity index (χ3n) is 0.969. The lowest BCUT2D eigenvalue weighted by atomic mass is 9.95. The molecule has 29 valence electrons. The quantitative estimate of drug-likeness (QED) is 0.436. The normalized spacial score (nSPS) is 25.8. The molecule has 1 atom stereocenters. The Morgan fingerprint density at radius 1 is 1.80 bits per heavy atom. The summed E-state index contributed by atoms with van der Waals surface area (Å²) in [5, 5.41) is 0. The Morgan fingerprint density at radius 2 is 2.20 bits per heavy atom. The van der Waals surface area contributed by atoms with Crippen LogP contribution in [-0.2, 0) is 0 Å². The molecule has 0 spiro atoms. The van der Waals surface area contributed by atoms with E-state index >= 15 is 0 Å². The van der Waals surface area contributed by atoms with Crippen LogP contribution in [0.15, 0.2) is 0 Å². The summed E-state index contributed by atoms with van der Waals surface area (Å²) in [5.74, 6) is 0. The molecular weight excluding hydrogens is 62.1 g/mol. The van der Waals surface area contributed by atoms with Crippen molar-refractivity contribution in [3.05, 3.63) is 6.42 Å². The highest BCUT2D eigenvalue weighted by molar-refractivity contribution is 4.90. The molecule has 1 radical (unpaired) electrons. The molecule has 1 aliphatic rings. The molecule has 1 nitrogen and oxygen atoms in total. The van der Waals surface area contributed by atoms with Crippen molar-refractivity contribution in [2.24, 2.45) is 5.73 Å². The molecule has 0 bridgehead atoms. The maximum atomic E-state index is 5.32. The molecule has 1 saturated carbocycles. The zero-order chi connectivity index (χ0) is 3.70. The molecule has 1 aliphatic carbocycles. The molecule has 0 amide bonds. The first-order valence-electron chi connectivity index (χ1n) is 1.98. The highest BCUT2D eigenvalue weighted by Gasteiger charge is 2.10. The van der Waals surface area contributed by atoms with Crippen LogP contribution < -0.4 is 5.73 Å². The van der Waals surface area contributed by atoms with Crippen molar-refractivity contribution < 1.29 is 0 Å². The minimum atomic E-state index is 0.440. The largest absolute Gasteiger partial charge is 0.327 e. The molecule has 2 N–H and O–H groups in total. The molecule has 0 aromatic carbocycles. The number of hydrogen-bond donors (Lipinski definition) is 1. The summed E-state index contributed by atoms with van der Waals surface area (Å²) in [6.07, 6.45) is 4.57. The van der Waals surface area contributed by atoms with Gasteiger partial charge in [0.15, 0.2) is 0 Å². The second-order valence-corrected chi connectivity index (χ2v) is 1.48. The van der Waals surface area contributed by atoms with E-state index in [9.17, 15) is 0 Å². The molecule has 1 rings (SSSR count). The average molecular weight is 70.1 g/mol. The maximum absolute atomic E-state index is 5.32. The van der Waals surface area contributed by atoms with Gasteiger partial charge in [-0.25, -0.2) is 0 Å². The lowest BCUT2D eigenvalue weighted by Crippen LogP contribution is -2.28. The predicted octanol–water partition coefficient (Wildman–Crippen LogP) is 0.312. The van der Waals surface area contributed by atoms with Crippen molar-refractivity contribution >= 4 is 0 Å². The molecular formula is C4H8N. The van der Waals surface area contributed by atoms with Gasteiger partial charge in [0, 0.05) is 6.04 Å². The van der Waals surface area contributed by atoms with E-state index in [2.05, 4.69) is 6.42 Å². The fraction of sp³-hybridized carbons (Fsp3) is 0.750. The van der Waals surface area contributed by atoms with Crippen molar-refractivity contribution in [3.63, 3.8) is 0 Å². The predicted molar refractivity (Wildman–Crippen MR) is 21.5 cm³/mol. The molecule has 0 aromatic rings. The summed E-state index contributed by atoms with van der Waals surface area (Å²) in [7, 11) is 0. The van der Waals surface area contributed by atoms with Crippen molar-refractivity contribution in [2.45, 2.75) is 18.9 Å². The van der Waals surface area contributed by atoms with E-state index in [1.165, 1.54) is 12.8 Å². The molecule has 1 fully saturated rings. The summed E-state index contributed by atoms with van der Waals surface area (Å²) >= 11 is 0. The van der Waals surface area contributed by atoms with Gasteiger partial charge >= 0.3 is 0 Å². The van der Waals surface area contributed by atoms with Crippen molar-refractivity contribution in [1.82, 2.24) is 0 Å². The smallest absolute Gasteiger partial charge is 0.00705 e. The van der Waals surface area contributed by atoms with Gasteiger partial charge in [-0.15, -0.1) is 0 Å². The van der Waals surface area contributed by atoms with E-state index in [0.717, 1.165) is 0 Å². The van der Waals surface area contributed by atoms with Gasteiger partial charge in [0.2, 0.25) is 0 Å². The second-order valence-electron chi connectivity index (χ2n) is 1.48. The third-order valence-corrected chi connectivity index (χ3v) is 0.969. The van der Waals surface area contributed by atoms with Gasteiger partial charge in [-0.3, -0.25) is 0 Å². The van der Waals surface area contributed by atoms with Crippen LogP contribution in [0.25, 0.3) is 0 Å². The van der Waals surface area contributed by atoms with E-state index in [-0.39, 0.29) is 0 Å². The second kappa shape index (κ2) is 0.977. The Bertz CT molecular complexity index is 30.6. The number of hydrogen-bond acceptors (Lipinski definition) is 1. The van der Waals surface area contributed by atoms with Crippen LogP contribution in [0.2, 0.25) is 0 Å². The van der Waals surface area contributed by atoms with Crippen molar-refractivity contribution in [1.29, 1.82) is 0 Å². The molecule has 1 heteroatoms. The van der Waals surface area contributed by atoms with Crippen molar-refractivity contribution in [2.75, 3.05) is 0 Å². The minimum Gasteiger partial charge on any atom is -0.327 e. The fourth-order valence-corrected chi connectivity index (χ4v) is 0.359. The zero-order valence-corrected chi connectivity index (χ0v) is 3.15. The summed E-state index contributed by atoms with van der Waals surface area (Å²) in [4.78, 5) is 0. The Morgan fingerprint density at radius 3 is 2.20 bits per heavy atom. The molecule has 0 unspecified atom stereocenters. The lowest BCUT2D eigenvalue weighted by molar-refractivity contribution is 0.546. The maximum Gasteiger partial charge on any atom is 0.00705 e. The van der Waals surface area contributed by atoms with Crippen LogP contribution in [-0.4, -0.2) is 6.04 Å². The lowest BCUT2D eigenvalue weighted by Gasteiger charge is -2.18. The highest BCUT2D eigenvalue weighted by atomic mass is 14.6. The Labute approximate surface area is 32.2 Å². The average Bonchev–Trinajstić information content (AvgIpc) is 1.30. The summed E-state index contributed by atoms with van der Waals surface area (Å²) in [6, 6.07) is 0.440. The Hall–Kier alpha value is -0.0400. The van der Waals surface area contributed by atoms with Gasteiger partial charge in [-0.1, -0.05) is 0 Å². The van der Waals surface area contributed by atoms with Gasteiger partial charge < -0.3 is 5.73 Å². The molecule has 5 heavy (non-hydrogen) atoms. The topological polar surface area (TPSA) is 26.0 Å². The van der Waals surface area contributed by atoms with Crippen LogP contribution in [0.3, 0.4) is 0 Å². The summed E-state index contributed by atoms with van der Waals surface area (Å²) in [6.45, 7) is 0. The first-order chi connectivity index (χ1) is 2.39. The highest BCUT2D eigenvalue weighted by Crippen LogP contribution is 2.12. The van der Waals surface area contributed by atoms with E-state index in [1.807, 2.05) is 0 Å². The first-order valence-corrected chi connectivity index (χ1v) is 1.98. The van der Waals surface area contributed by atoms with Gasteiger partial charge in [0.25, 0.3) is 0 Å².